The lowest BCUT2D eigenvalue weighted by Crippen LogP contribution is -2.01. The van der Waals surface area contributed by atoms with Crippen LogP contribution in [0, 0.1) is 0 Å². The maximum atomic E-state index is 6.18. The zero-order valence-corrected chi connectivity index (χ0v) is 9.67. The van der Waals surface area contributed by atoms with Gasteiger partial charge in [-0.25, -0.2) is 0 Å². The number of benzene rings is 1. The van der Waals surface area contributed by atoms with Gasteiger partial charge in [-0.3, -0.25) is 4.98 Å². The molecule has 0 unspecified atom stereocenters. The Hall–Kier alpha value is -1.12. The zero-order valence-electron chi connectivity index (χ0n) is 8.91. The van der Waals surface area contributed by atoms with Gasteiger partial charge < -0.3 is 5.73 Å². The standard InChI is InChI=1S/C13H13ClN2/c14-11-3-1-2-10-9(7-15)6-12(8-4-5-8)16-13(10)11/h1-3,6,8H,4-5,7,15H2. The summed E-state index contributed by atoms with van der Waals surface area (Å²) in [5, 5.41) is 1.80. The molecule has 3 rings (SSSR count). The Labute approximate surface area is 99.4 Å². The summed E-state index contributed by atoms with van der Waals surface area (Å²) >= 11 is 6.18. The summed E-state index contributed by atoms with van der Waals surface area (Å²) in [6.07, 6.45) is 2.49. The molecular weight excluding hydrogens is 220 g/mol. The maximum Gasteiger partial charge on any atom is 0.0894 e. The van der Waals surface area contributed by atoms with Crippen molar-refractivity contribution >= 4 is 22.5 Å². The molecule has 0 amide bonds. The molecule has 1 heterocycles. The van der Waals surface area contributed by atoms with Gasteiger partial charge in [-0.1, -0.05) is 23.7 Å². The third kappa shape index (κ3) is 1.58. The van der Waals surface area contributed by atoms with Gasteiger partial charge in [0.2, 0.25) is 0 Å². The molecule has 1 saturated carbocycles. The van der Waals surface area contributed by atoms with Crippen LogP contribution in [0.3, 0.4) is 0 Å². The number of pyridine rings is 1. The van der Waals surface area contributed by atoms with Gasteiger partial charge in [-0.15, -0.1) is 0 Å². The normalized spacial score (nSPS) is 15.6. The summed E-state index contributed by atoms with van der Waals surface area (Å²) in [7, 11) is 0. The minimum atomic E-state index is 0.541. The van der Waals surface area contributed by atoms with Crippen LogP contribution in [0.15, 0.2) is 24.3 Å². The van der Waals surface area contributed by atoms with Crippen molar-refractivity contribution in [2.75, 3.05) is 0 Å². The van der Waals surface area contributed by atoms with Crippen LogP contribution in [-0.2, 0) is 6.54 Å². The third-order valence-corrected chi connectivity index (χ3v) is 3.42. The number of hydrogen-bond acceptors (Lipinski definition) is 2. The number of nitrogens with two attached hydrogens (primary N) is 1. The minimum Gasteiger partial charge on any atom is -0.326 e. The smallest absolute Gasteiger partial charge is 0.0894 e. The van der Waals surface area contributed by atoms with Gasteiger partial charge in [-0.2, -0.15) is 0 Å². The van der Waals surface area contributed by atoms with E-state index in [1.54, 1.807) is 0 Å². The fourth-order valence-electron chi connectivity index (χ4n) is 2.06. The summed E-state index contributed by atoms with van der Waals surface area (Å²) in [5.41, 5.74) is 8.98. The molecule has 1 fully saturated rings. The number of rotatable bonds is 2. The van der Waals surface area contributed by atoms with Crippen molar-refractivity contribution in [3.05, 3.63) is 40.5 Å². The molecule has 2 nitrogen and oxygen atoms in total. The van der Waals surface area contributed by atoms with Crippen LogP contribution in [0.5, 0.6) is 0 Å². The molecule has 1 aliphatic carbocycles. The van der Waals surface area contributed by atoms with Crippen molar-refractivity contribution in [1.29, 1.82) is 0 Å². The van der Waals surface area contributed by atoms with E-state index >= 15 is 0 Å². The van der Waals surface area contributed by atoms with Gasteiger partial charge in [0.1, 0.15) is 0 Å². The summed E-state index contributed by atoms with van der Waals surface area (Å²) in [6.45, 7) is 0.541. The van der Waals surface area contributed by atoms with Crippen LogP contribution in [0.4, 0.5) is 0 Å². The van der Waals surface area contributed by atoms with E-state index in [1.807, 2.05) is 18.2 Å². The second kappa shape index (κ2) is 3.72. The Morgan fingerprint density at radius 2 is 2.19 bits per heavy atom. The molecule has 2 N–H and O–H groups in total. The van der Waals surface area contributed by atoms with Gasteiger partial charge in [0.25, 0.3) is 0 Å². The lowest BCUT2D eigenvalue weighted by Gasteiger charge is -2.08. The van der Waals surface area contributed by atoms with Crippen LogP contribution in [0.25, 0.3) is 10.9 Å². The average molecular weight is 233 g/mol. The van der Waals surface area contributed by atoms with Gasteiger partial charge in [0, 0.05) is 23.5 Å². The van der Waals surface area contributed by atoms with Crippen LogP contribution in [0.1, 0.15) is 30.0 Å². The number of nitrogens with zero attached hydrogens (tertiary/aromatic N) is 1. The molecule has 1 aromatic carbocycles. The van der Waals surface area contributed by atoms with E-state index in [0.717, 1.165) is 27.2 Å². The molecular formula is C13H13ClN2. The van der Waals surface area contributed by atoms with Gasteiger partial charge in [0.15, 0.2) is 0 Å². The highest BCUT2D eigenvalue weighted by atomic mass is 35.5. The molecule has 1 aliphatic rings. The van der Waals surface area contributed by atoms with Crippen LogP contribution >= 0.6 is 11.6 Å². The molecule has 0 bridgehead atoms. The topological polar surface area (TPSA) is 38.9 Å². The van der Waals surface area contributed by atoms with E-state index in [4.69, 9.17) is 17.3 Å². The minimum absolute atomic E-state index is 0.541. The van der Waals surface area contributed by atoms with Crippen LogP contribution in [-0.4, -0.2) is 4.98 Å². The van der Waals surface area contributed by atoms with Crippen molar-refractivity contribution in [1.82, 2.24) is 4.98 Å². The molecule has 82 valence electrons. The summed E-state index contributed by atoms with van der Waals surface area (Å²) in [5.74, 6) is 0.631. The molecule has 0 saturated heterocycles. The monoisotopic (exact) mass is 232 g/mol. The van der Waals surface area contributed by atoms with E-state index < -0.39 is 0 Å². The largest absolute Gasteiger partial charge is 0.326 e. The Balaban J connectivity index is 2.30. The molecule has 16 heavy (non-hydrogen) atoms. The molecule has 2 aromatic rings. The number of para-hydroxylation sites is 1. The molecule has 0 spiro atoms. The third-order valence-electron chi connectivity index (χ3n) is 3.11. The Kier molecular flexibility index (Phi) is 2.34. The highest BCUT2D eigenvalue weighted by molar-refractivity contribution is 6.35. The Morgan fingerprint density at radius 1 is 1.38 bits per heavy atom. The molecule has 0 atom stereocenters. The second-order valence-electron chi connectivity index (χ2n) is 4.32. The van der Waals surface area contributed by atoms with Gasteiger partial charge in [-0.05, 0) is 30.5 Å². The van der Waals surface area contributed by atoms with Crippen molar-refractivity contribution in [3.8, 4) is 0 Å². The number of fused-ring (bicyclic) bond motifs is 1. The van der Waals surface area contributed by atoms with E-state index in [9.17, 15) is 0 Å². The lowest BCUT2D eigenvalue weighted by atomic mass is 10.1. The van der Waals surface area contributed by atoms with Gasteiger partial charge in [0.05, 0.1) is 10.5 Å². The quantitative estimate of drug-likeness (QED) is 0.864. The van der Waals surface area contributed by atoms with Crippen molar-refractivity contribution in [3.63, 3.8) is 0 Å². The van der Waals surface area contributed by atoms with E-state index in [0.29, 0.717) is 12.5 Å². The van der Waals surface area contributed by atoms with Gasteiger partial charge >= 0.3 is 0 Å². The van der Waals surface area contributed by atoms with Crippen molar-refractivity contribution in [2.24, 2.45) is 5.73 Å². The molecule has 3 heteroatoms. The lowest BCUT2D eigenvalue weighted by molar-refractivity contribution is 1.01. The highest BCUT2D eigenvalue weighted by Gasteiger charge is 2.26. The predicted molar refractivity (Wildman–Crippen MR) is 66.6 cm³/mol. The predicted octanol–water partition coefficient (Wildman–Crippen LogP) is 3.22. The highest BCUT2D eigenvalue weighted by Crippen LogP contribution is 2.40. The number of hydrogen-bond donors (Lipinski definition) is 1. The number of aromatic nitrogens is 1. The maximum absolute atomic E-state index is 6.18. The summed E-state index contributed by atoms with van der Waals surface area (Å²) in [4.78, 5) is 4.66. The fraction of sp³-hybridized carbons (Fsp3) is 0.308. The first kappa shape index (κ1) is 10.1. The first-order valence-electron chi connectivity index (χ1n) is 5.57. The summed E-state index contributed by atoms with van der Waals surface area (Å²) in [6, 6.07) is 8.00. The average Bonchev–Trinajstić information content (AvgIpc) is 3.12. The second-order valence-corrected chi connectivity index (χ2v) is 4.73. The fourth-order valence-corrected chi connectivity index (χ4v) is 2.28. The number of halogens is 1. The Bertz CT molecular complexity index is 547. The zero-order chi connectivity index (χ0) is 11.1. The van der Waals surface area contributed by atoms with E-state index in [-0.39, 0.29) is 0 Å². The first-order chi connectivity index (χ1) is 7.79. The SMILES string of the molecule is NCc1cc(C2CC2)nc2c(Cl)cccc12. The van der Waals surface area contributed by atoms with Crippen LogP contribution in [0.2, 0.25) is 5.02 Å². The van der Waals surface area contributed by atoms with E-state index in [1.165, 1.54) is 12.8 Å². The van der Waals surface area contributed by atoms with Crippen molar-refractivity contribution < 1.29 is 0 Å². The Morgan fingerprint density at radius 3 is 2.88 bits per heavy atom. The summed E-state index contributed by atoms with van der Waals surface area (Å²) < 4.78 is 0. The molecule has 1 aromatic heterocycles. The van der Waals surface area contributed by atoms with Crippen LogP contribution < -0.4 is 5.73 Å². The first-order valence-corrected chi connectivity index (χ1v) is 5.95. The molecule has 0 aliphatic heterocycles. The van der Waals surface area contributed by atoms with Crippen molar-refractivity contribution in [2.45, 2.75) is 25.3 Å². The molecule has 0 radical (unpaired) electrons. The van der Waals surface area contributed by atoms with E-state index in [2.05, 4.69) is 11.1 Å².